The van der Waals surface area contributed by atoms with Crippen molar-refractivity contribution in [1.29, 1.82) is 0 Å². The van der Waals surface area contributed by atoms with Gasteiger partial charge in [0.1, 0.15) is 13.2 Å². The number of hydrogen-bond acceptors (Lipinski definition) is 3. The van der Waals surface area contributed by atoms with Gasteiger partial charge in [-0.1, -0.05) is 6.07 Å². The monoisotopic (exact) mass is 301 g/mol. The van der Waals surface area contributed by atoms with Crippen LogP contribution in [0.3, 0.4) is 0 Å². The molecule has 1 aliphatic carbocycles. The Kier molecular flexibility index (Phi) is 3.51. The van der Waals surface area contributed by atoms with Crippen molar-refractivity contribution in [2.45, 2.75) is 37.4 Å². The summed E-state index contributed by atoms with van der Waals surface area (Å²) in [7, 11) is 0. The fraction of sp³-hybridized carbons (Fsp3) is 0.600. The summed E-state index contributed by atoms with van der Waals surface area (Å²) in [5, 5.41) is 0. The van der Waals surface area contributed by atoms with Crippen molar-refractivity contribution in [2.75, 3.05) is 13.2 Å². The van der Waals surface area contributed by atoms with Crippen molar-refractivity contribution in [1.82, 2.24) is 0 Å². The summed E-state index contributed by atoms with van der Waals surface area (Å²) in [6, 6.07) is 5.43. The van der Waals surface area contributed by atoms with Crippen LogP contribution < -0.4 is 15.2 Å². The average molecular weight is 301 g/mol. The van der Waals surface area contributed by atoms with E-state index in [0.29, 0.717) is 37.6 Å². The number of hydrogen-bond donors (Lipinski definition) is 1. The van der Waals surface area contributed by atoms with Crippen molar-refractivity contribution in [3.05, 3.63) is 23.8 Å². The van der Waals surface area contributed by atoms with E-state index in [2.05, 4.69) is 0 Å². The summed E-state index contributed by atoms with van der Waals surface area (Å²) < 4.78 is 49.2. The van der Waals surface area contributed by atoms with Gasteiger partial charge in [-0.15, -0.1) is 0 Å². The minimum atomic E-state index is -4.12. The highest BCUT2D eigenvalue weighted by atomic mass is 19.4. The standard InChI is InChI=1S/C15H18F3NO2/c16-15(17,18)10-3-5-14(19,6-4-10)11-1-2-12-13(9-11)21-8-7-20-12/h1-2,9-10H,3-8,19H2. The molecule has 3 nitrogen and oxygen atoms in total. The second-order valence-electron chi connectivity index (χ2n) is 5.83. The van der Waals surface area contributed by atoms with Gasteiger partial charge in [0.15, 0.2) is 11.5 Å². The second kappa shape index (κ2) is 5.09. The number of alkyl halides is 3. The molecule has 1 aliphatic heterocycles. The van der Waals surface area contributed by atoms with E-state index in [-0.39, 0.29) is 12.8 Å². The predicted molar refractivity (Wildman–Crippen MR) is 71.3 cm³/mol. The zero-order valence-electron chi connectivity index (χ0n) is 11.6. The van der Waals surface area contributed by atoms with E-state index in [1.807, 2.05) is 12.1 Å². The Hall–Kier alpha value is -1.43. The third-order valence-electron chi connectivity index (χ3n) is 4.46. The minimum absolute atomic E-state index is 0.0778. The topological polar surface area (TPSA) is 44.5 Å². The Morgan fingerprint density at radius 2 is 1.67 bits per heavy atom. The largest absolute Gasteiger partial charge is 0.486 e. The van der Waals surface area contributed by atoms with Crippen molar-refractivity contribution < 1.29 is 22.6 Å². The van der Waals surface area contributed by atoms with E-state index >= 15 is 0 Å². The fourth-order valence-electron chi connectivity index (χ4n) is 3.10. The molecule has 0 unspecified atom stereocenters. The molecule has 21 heavy (non-hydrogen) atoms. The molecule has 1 saturated carbocycles. The number of fused-ring (bicyclic) bond motifs is 1. The van der Waals surface area contributed by atoms with Crippen LogP contribution in [-0.4, -0.2) is 19.4 Å². The Morgan fingerprint density at radius 1 is 1.05 bits per heavy atom. The summed E-state index contributed by atoms with van der Waals surface area (Å²) in [5.41, 5.74) is 6.47. The maximum Gasteiger partial charge on any atom is 0.391 e. The van der Waals surface area contributed by atoms with Gasteiger partial charge in [0, 0.05) is 5.54 Å². The summed E-state index contributed by atoms with van der Waals surface area (Å²) in [5.74, 6) is 0.0606. The third kappa shape index (κ3) is 2.81. The van der Waals surface area contributed by atoms with Crippen molar-refractivity contribution in [2.24, 2.45) is 11.7 Å². The molecule has 0 saturated heterocycles. The lowest BCUT2D eigenvalue weighted by Gasteiger charge is -2.38. The molecule has 2 aliphatic rings. The van der Waals surface area contributed by atoms with Crippen LogP contribution in [0.25, 0.3) is 0 Å². The van der Waals surface area contributed by atoms with Gasteiger partial charge in [0.25, 0.3) is 0 Å². The zero-order chi connectivity index (χ0) is 15.1. The molecular weight excluding hydrogens is 283 g/mol. The SMILES string of the molecule is NC1(c2ccc3c(c2)OCCO3)CCC(C(F)(F)F)CC1. The van der Waals surface area contributed by atoms with Crippen LogP contribution in [0.4, 0.5) is 13.2 Å². The molecule has 1 fully saturated rings. The van der Waals surface area contributed by atoms with Crippen molar-refractivity contribution in [3.8, 4) is 11.5 Å². The lowest BCUT2D eigenvalue weighted by Crippen LogP contribution is -2.43. The van der Waals surface area contributed by atoms with Crippen LogP contribution in [0.1, 0.15) is 31.2 Å². The lowest BCUT2D eigenvalue weighted by molar-refractivity contribution is -0.184. The molecule has 0 spiro atoms. The van der Waals surface area contributed by atoms with E-state index in [9.17, 15) is 13.2 Å². The zero-order valence-corrected chi connectivity index (χ0v) is 11.6. The highest BCUT2D eigenvalue weighted by Crippen LogP contribution is 2.45. The Bertz CT molecular complexity index is 522. The van der Waals surface area contributed by atoms with E-state index in [1.165, 1.54) is 0 Å². The van der Waals surface area contributed by atoms with E-state index in [0.717, 1.165) is 5.56 Å². The highest BCUT2D eigenvalue weighted by molar-refractivity contribution is 5.45. The van der Waals surface area contributed by atoms with E-state index in [1.54, 1.807) is 6.07 Å². The molecule has 1 heterocycles. The van der Waals surface area contributed by atoms with Gasteiger partial charge < -0.3 is 15.2 Å². The summed E-state index contributed by atoms with van der Waals surface area (Å²) >= 11 is 0. The van der Waals surface area contributed by atoms with Crippen LogP contribution in [0, 0.1) is 5.92 Å². The minimum Gasteiger partial charge on any atom is -0.486 e. The first-order valence-electron chi connectivity index (χ1n) is 7.14. The maximum atomic E-state index is 12.7. The molecule has 1 aromatic rings. The first-order valence-corrected chi connectivity index (χ1v) is 7.14. The van der Waals surface area contributed by atoms with Gasteiger partial charge in [-0.3, -0.25) is 0 Å². The molecule has 3 rings (SSSR count). The maximum absolute atomic E-state index is 12.7. The molecule has 6 heteroatoms. The van der Waals surface area contributed by atoms with Crippen LogP contribution >= 0.6 is 0 Å². The molecule has 0 radical (unpaired) electrons. The number of nitrogens with two attached hydrogens (primary N) is 1. The molecule has 0 bridgehead atoms. The smallest absolute Gasteiger partial charge is 0.391 e. The summed E-state index contributed by atoms with van der Waals surface area (Å²) in [4.78, 5) is 0. The Morgan fingerprint density at radius 3 is 2.29 bits per heavy atom. The second-order valence-corrected chi connectivity index (χ2v) is 5.83. The summed E-state index contributed by atoms with van der Waals surface area (Å²) in [6.07, 6.45) is -3.30. The molecular formula is C15H18F3NO2. The fourth-order valence-corrected chi connectivity index (χ4v) is 3.10. The van der Waals surface area contributed by atoms with Gasteiger partial charge in [-0.25, -0.2) is 0 Å². The lowest BCUT2D eigenvalue weighted by atomic mass is 9.73. The molecule has 0 aromatic heterocycles. The number of rotatable bonds is 1. The predicted octanol–water partition coefficient (Wildman–Crippen LogP) is 3.36. The first kappa shape index (κ1) is 14.5. The van der Waals surface area contributed by atoms with E-state index in [4.69, 9.17) is 15.2 Å². The number of halogens is 3. The average Bonchev–Trinajstić information content (AvgIpc) is 2.46. The van der Waals surface area contributed by atoms with Gasteiger partial charge in [0.05, 0.1) is 5.92 Å². The quantitative estimate of drug-likeness (QED) is 0.865. The Balaban J connectivity index is 1.78. The van der Waals surface area contributed by atoms with Crippen molar-refractivity contribution >= 4 is 0 Å². The molecule has 0 atom stereocenters. The van der Waals surface area contributed by atoms with Crippen LogP contribution in [0.2, 0.25) is 0 Å². The van der Waals surface area contributed by atoms with Gasteiger partial charge >= 0.3 is 6.18 Å². The normalized spacial score (nSPS) is 29.2. The van der Waals surface area contributed by atoms with Crippen LogP contribution in [0.15, 0.2) is 18.2 Å². The first-order chi connectivity index (χ1) is 9.88. The van der Waals surface area contributed by atoms with Gasteiger partial charge in [-0.05, 0) is 43.4 Å². The van der Waals surface area contributed by atoms with E-state index < -0.39 is 17.6 Å². The number of ether oxygens (including phenoxy) is 2. The summed E-state index contributed by atoms with van der Waals surface area (Å²) in [6.45, 7) is 0.984. The Labute approximate surface area is 121 Å². The van der Waals surface area contributed by atoms with Gasteiger partial charge in [0.2, 0.25) is 0 Å². The molecule has 116 valence electrons. The van der Waals surface area contributed by atoms with Crippen LogP contribution in [0.5, 0.6) is 11.5 Å². The van der Waals surface area contributed by atoms with Crippen LogP contribution in [-0.2, 0) is 5.54 Å². The number of benzene rings is 1. The van der Waals surface area contributed by atoms with Gasteiger partial charge in [-0.2, -0.15) is 13.2 Å². The highest BCUT2D eigenvalue weighted by Gasteiger charge is 2.45. The molecule has 2 N–H and O–H groups in total. The molecule has 0 amide bonds. The third-order valence-corrected chi connectivity index (χ3v) is 4.46. The van der Waals surface area contributed by atoms with Crippen molar-refractivity contribution in [3.63, 3.8) is 0 Å². The molecule has 1 aromatic carbocycles.